The Balaban J connectivity index is 1.94. The zero-order valence-electron chi connectivity index (χ0n) is 15.5. The molecule has 5 heteroatoms. The molecule has 2 rings (SSSR count). The van der Waals surface area contributed by atoms with Crippen LogP contribution in [0.1, 0.15) is 47.9 Å². The average Bonchev–Trinajstić information content (AvgIpc) is 2.83. The Morgan fingerprint density at radius 1 is 1.38 bits per heavy atom. The fourth-order valence-electron chi connectivity index (χ4n) is 3.68. The minimum atomic E-state index is -0.242. The number of nitrogens with zero attached hydrogens (tertiary/aromatic N) is 2. The summed E-state index contributed by atoms with van der Waals surface area (Å²) in [5.41, 5.74) is 3.05. The number of methoxy groups -OCH3 is 1. The Morgan fingerprint density at radius 3 is 2.62 bits per heavy atom. The highest BCUT2D eigenvalue weighted by atomic mass is 16.5. The van der Waals surface area contributed by atoms with Crippen LogP contribution in [0, 0.1) is 19.8 Å². The molecule has 0 saturated carbocycles. The predicted molar refractivity (Wildman–Crippen MR) is 95.6 cm³/mol. The molecule has 1 aromatic rings. The number of Topliss-reactive ketones (excluding diaryl/α,β-unsaturated/α-hetero) is 1. The SMILES string of the molecule is COCCCn1c(C)cc(C(=O)CN2CCC(C(C)O)CC2)c1C. The Hall–Kier alpha value is -1.17. The minimum absolute atomic E-state index is 0.205. The lowest BCUT2D eigenvalue weighted by molar-refractivity contribution is 0.0664. The van der Waals surface area contributed by atoms with E-state index in [0.717, 1.165) is 62.5 Å². The van der Waals surface area contributed by atoms with Gasteiger partial charge in [-0.05, 0) is 65.1 Å². The van der Waals surface area contributed by atoms with Gasteiger partial charge in [0, 0.05) is 37.2 Å². The molecule has 136 valence electrons. The number of aryl methyl sites for hydroxylation is 1. The van der Waals surface area contributed by atoms with Gasteiger partial charge in [0.05, 0.1) is 12.6 Å². The maximum Gasteiger partial charge on any atom is 0.178 e. The van der Waals surface area contributed by atoms with Crippen molar-refractivity contribution in [3.63, 3.8) is 0 Å². The van der Waals surface area contributed by atoms with E-state index >= 15 is 0 Å². The molecule has 24 heavy (non-hydrogen) atoms. The zero-order valence-corrected chi connectivity index (χ0v) is 15.5. The number of likely N-dealkylation sites (tertiary alicyclic amines) is 1. The van der Waals surface area contributed by atoms with Crippen LogP contribution in [0.4, 0.5) is 0 Å². The van der Waals surface area contributed by atoms with Crippen molar-refractivity contribution in [2.45, 2.75) is 52.7 Å². The molecule has 1 aliphatic rings. The normalized spacial score (nSPS) is 18.0. The summed E-state index contributed by atoms with van der Waals surface area (Å²) in [6, 6.07) is 2.02. The summed E-state index contributed by atoms with van der Waals surface area (Å²) < 4.78 is 7.33. The number of aliphatic hydroxyl groups excluding tert-OH is 1. The van der Waals surface area contributed by atoms with Gasteiger partial charge in [-0.3, -0.25) is 9.69 Å². The number of rotatable bonds is 8. The van der Waals surface area contributed by atoms with Gasteiger partial charge < -0.3 is 14.4 Å². The van der Waals surface area contributed by atoms with Crippen molar-refractivity contribution in [1.29, 1.82) is 0 Å². The number of ketones is 1. The van der Waals surface area contributed by atoms with E-state index in [2.05, 4.69) is 16.4 Å². The summed E-state index contributed by atoms with van der Waals surface area (Å²) in [5.74, 6) is 0.582. The molecule has 2 heterocycles. The minimum Gasteiger partial charge on any atom is -0.393 e. The van der Waals surface area contributed by atoms with E-state index in [9.17, 15) is 9.90 Å². The summed E-state index contributed by atoms with van der Waals surface area (Å²) in [5, 5.41) is 9.68. The van der Waals surface area contributed by atoms with Gasteiger partial charge in [-0.25, -0.2) is 0 Å². The quantitative estimate of drug-likeness (QED) is 0.585. The molecule has 1 N–H and O–H groups in total. The molecule has 0 aromatic carbocycles. The molecule has 1 saturated heterocycles. The third-order valence-corrected chi connectivity index (χ3v) is 5.29. The van der Waals surface area contributed by atoms with E-state index in [1.165, 1.54) is 0 Å². The molecular formula is C19H32N2O3. The second-order valence-electron chi connectivity index (χ2n) is 7.06. The number of carbonyl (C=O) groups is 1. The van der Waals surface area contributed by atoms with E-state index in [1.54, 1.807) is 7.11 Å². The maximum absolute atomic E-state index is 12.7. The van der Waals surface area contributed by atoms with Gasteiger partial charge in [-0.15, -0.1) is 0 Å². The fraction of sp³-hybridized carbons (Fsp3) is 0.737. The first-order valence-corrected chi connectivity index (χ1v) is 9.03. The molecule has 0 aliphatic carbocycles. The Labute approximate surface area is 145 Å². The molecule has 1 unspecified atom stereocenters. The van der Waals surface area contributed by atoms with Gasteiger partial charge in [0.25, 0.3) is 0 Å². The molecule has 0 bridgehead atoms. The van der Waals surface area contributed by atoms with Crippen LogP contribution < -0.4 is 0 Å². The number of piperidine rings is 1. The molecule has 1 atom stereocenters. The molecule has 1 aromatic heterocycles. The first kappa shape index (κ1) is 19.2. The van der Waals surface area contributed by atoms with E-state index in [-0.39, 0.29) is 11.9 Å². The third-order valence-electron chi connectivity index (χ3n) is 5.29. The highest BCUT2D eigenvalue weighted by Gasteiger charge is 2.25. The van der Waals surface area contributed by atoms with Crippen molar-refractivity contribution in [2.75, 3.05) is 33.4 Å². The highest BCUT2D eigenvalue weighted by Crippen LogP contribution is 2.22. The van der Waals surface area contributed by atoms with Crippen LogP contribution >= 0.6 is 0 Å². The van der Waals surface area contributed by atoms with E-state index in [0.29, 0.717) is 12.5 Å². The van der Waals surface area contributed by atoms with Crippen LogP contribution in [0.2, 0.25) is 0 Å². The Bertz CT molecular complexity index is 543. The predicted octanol–water partition coefficient (Wildman–Crippen LogP) is 2.42. The largest absolute Gasteiger partial charge is 0.393 e. The number of aliphatic hydroxyl groups is 1. The highest BCUT2D eigenvalue weighted by molar-refractivity contribution is 5.99. The van der Waals surface area contributed by atoms with Gasteiger partial charge in [0.2, 0.25) is 0 Å². The van der Waals surface area contributed by atoms with Crippen LogP contribution in [-0.4, -0.2) is 59.8 Å². The molecular weight excluding hydrogens is 304 g/mol. The Kier molecular flexibility index (Phi) is 7.02. The van der Waals surface area contributed by atoms with Crippen LogP contribution in [0.5, 0.6) is 0 Å². The number of carbonyl (C=O) groups excluding carboxylic acids is 1. The second kappa shape index (κ2) is 8.79. The average molecular weight is 336 g/mol. The monoisotopic (exact) mass is 336 g/mol. The first-order chi connectivity index (χ1) is 11.4. The molecule has 0 radical (unpaired) electrons. The molecule has 0 spiro atoms. The van der Waals surface area contributed by atoms with Crippen molar-refractivity contribution in [1.82, 2.24) is 9.47 Å². The van der Waals surface area contributed by atoms with E-state index in [4.69, 9.17) is 4.74 Å². The van der Waals surface area contributed by atoms with Gasteiger partial charge in [-0.2, -0.15) is 0 Å². The van der Waals surface area contributed by atoms with Crippen molar-refractivity contribution in [3.05, 3.63) is 23.0 Å². The smallest absolute Gasteiger partial charge is 0.178 e. The van der Waals surface area contributed by atoms with Crippen LogP contribution in [-0.2, 0) is 11.3 Å². The van der Waals surface area contributed by atoms with Gasteiger partial charge >= 0.3 is 0 Å². The standard InChI is InChI=1S/C19H32N2O3/c1-14-12-18(15(2)21(14)8-5-11-24-4)19(23)13-20-9-6-17(7-10-20)16(3)22/h12,16-17,22H,5-11,13H2,1-4H3. The maximum atomic E-state index is 12.7. The van der Waals surface area contributed by atoms with E-state index in [1.807, 2.05) is 19.9 Å². The molecule has 0 amide bonds. The van der Waals surface area contributed by atoms with Crippen molar-refractivity contribution < 1.29 is 14.6 Å². The molecule has 1 fully saturated rings. The van der Waals surface area contributed by atoms with Crippen LogP contribution in [0.25, 0.3) is 0 Å². The fourth-order valence-corrected chi connectivity index (χ4v) is 3.68. The van der Waals surface area contributed by atoms with Crippen LogP contribution in [0.15, 0.2) is 6.07 Å². The zero-order chi connectivity index (χ0) is 17.7. The van der Waals surface area contributed by atoms with E-state index < -0.39 is 0 Å². The number of ether oxygens (including phenoxy) is 1. The lowest BCUT2D eigenvalue weighted by Crippen LogP contribution is -2.39. The van der Waals surface area contributed by atoms with Crippen molar-refractivity contribution >= 4 is 5.78 Å². The Morgan fingerprint density at radius 2 is 2.04 bits per heavy atom. The third kappa shape index (κ3) is 4.68. The van der Waals surface area contributed by atoms with Gasteiger partial charge in [-0.1, -0.05) is 0 Å². The number of hydrogen-bond donors (Lipinski definition) is 1. The summed E-state index contributed by atoms with van der Waals surface area (Å²) in [7, 11) is 1.71. The van der Waals surface area contributed by atoms with Crippen molar-refractivity contribution in [3.8, 4) is 0 Å². The summed E-state index contributed by atoms with van der Waals surface area (Å²) >= 11 is 0. The van der Waals surface area contributed by atoms with Gasteiger partial charge in [0.1, 0.15) is 0 Å². The van der Waals surface area contributed by atoms with Crippen LogP contribution in [0.3, 0.4) is 0 Å². The first-order valence-electron chi connectivity index (χ1n) is 9.03. The topological polar surface area (TPSA) is 54.7 Å². The molecule has 1 aliphatic heterocycles. The van der Waals surface area contributed by atoms with Gasteiger partial charge in [0.15, 0.2) is 5.78 Å². The summed E-state index contributed by atoms with van der Waals surface area (Å²) in [6.45, 7) is 9.86. The van der Waals surface area contributed by atoms with Crippen molar-refractivity contribution in [2.24, 2.45) is 5.92 Å². The number of aromatic nitrogens is 1. The summed E-state index contributed by atoms with van der Waals surface area (Å²) in [6.07, 6.45) is 2.66. The second-order valence-corrected chi connectivity index (χ2v) is 7.06. The lowest BCUT2D eigenvalue weighted by Gasteiger charge is -2.32. The summed E-state index contributed by atoms with van der Waals surface area (Å²) in [4.78, 5) is 14.9. The lowest BCUT2D eigenvalue weighted by atomic mass is 9.92. The molecule has 5 nitrogen and oxygen atoms in total. The number of hydrogen-bond acceptors (Lipinski definition) is 4.